The number of ether oxygens (including phenoxy) is 1. The number of likely N-dealkylation sites (N-methyl/N-ethyl adjacent to an activating group) is 1. The summed E-state index contributed by atoms with van der Waals surface area (Å²) >= 11 is 0. The fraction of sp³-hybridized carbons (Fsp3) is 0.545. The highest BCUT2D eigenvalue weighted by atomic mass is 16.5. The minimum Gasteiger partial charge on any atom is -0.480 e. The van der Waals surface area contributed by atoms with E-state index in [1.807, 2.05) is 20.8 Å². The van der Waals surface area contributed by atoms with Crippen LogP contribution in [0, 0.1) is 6.92 Å². The minimum atomic E-state index is -0.907. The largest absolute Gasteiger partial charge is 0.480 e. The molecule has 0 saturated carbocycles. The van der Waals surface area contributed by atoms with E-state index in [4.69, 9.17) is 9.84 Å². The van der Waals surface area contributed by atoms with Gasteiger partial charge >= 0.3 is 5.97 Å². The molecule has 0 aliphatic rings. The summed E-state index contributed by atoms with van der Waals surface area (Å²) in [5.74, 6) is -0.0490. The second-order valence-corrected chi connectivity index (χ2v) is 3.49. The lowest BCUT2D eigenvalue weighted by molar-refractivity contribution is -0.135. The van der Waals surface area contributed by atoms with Crippen LogP contribution in [0.15, 0.2) is 6.07 Å². The SMILES string of the molecule is CCOc1cc(C)nc(N(CC)CC(=O)O)n1. The van der Waals surface area contributed by atoms with Gasteiger partial charge in [-0.3, -0.25) is 4.79 Å². The first-order valence-corrected chi connectivity index (χ1v) is 5.52. The van der Waals surface area contributed by atoms with E-state index in [1.54, 1.807) is 11.0 Å². The van der Waals surface area contributed by atoms with Crippen molar-refractivity contribution in [3.8, 4) is 5.88 Å². The Balaban J connectivity index is 2.97. The normalized spacial score (nSPS) is 10.1. The van der Waals surface area contributed by atoms with Crippen molar-refractivity contribution < 1.29 is 14.6 Å². The molecule has 17 heavy (non-hydrogen) atoms. The summed E-state index contributed by atoms with van der Waals surface area (Å²) in [5, 5.41) is 8.79. The first-order chi connectivity index (χ1) is 8.06. The standard InChI is InChI=1S/C11H17N3O3/c1-4-14(7-10(15)16)11-12-8(3)6-9(13-11)17-5-2/h6H,4-5,7H2,1-3H3,(H,15,16). The minimum absolute atomic E-state index is 0.120. The fourth-order valence-electron chi connectivity index (χ4n) is 1.37. The van der Waals surface area contributed by atoms with Crippen LogP contribution in [0.2, 0.25) is 0 Å². The number of carboxylic acid groups (broad SMARTS) is 1. The van der Waals surface area contributed by atoms with E-state index in [9.17, 15) is 4.79 Å². The summed E-state index contributed by atoms with van der Waals surface area (Å²) in [6.07, 6.45) is 0. The molecule has 0 amide bonds. The van der Waals surface area contributed by atoms with Crippen LogP contribution in [0.25, 0.3) is 0 Å². The van der Waals surface area contributed by atoms with Gasteiger partial charge in [0.25, 0.3) is 0 Å². The summed E-state index contributed by atoms with van der Waals surface area (Å²) in [6.45, 7) is 6.47. The number of aliphatic carboxylic acids is 1. The number of anilines is 1. The third kappa shape index (κ3) is 3.90. The lowest BCUT2D eigenvalue weighted by Crippen LogP contribution is -2.31. The van der Waals surface area contributed by atoms with Crippen molar-refractivity contribution in [3.63, 3.8) is 0 Å². The maximum absolute atomic E-state index is 10.7. The third-order valence-electron chi connectivity index (χ3n) is 2.10. The van der Waals surface area contributed by atoms with E-state index in [1.165, 1.54) is 0 Å². The summed E-state index contributed by atoms with van der Waals surface area (Å²) < 4.78 is 5.30. The smallest absolute Gasteiger partial charge is 0.323 e. The van der Waals surface area contributed by atoms with Crippen LogP contribution < -0.4 is 9.64 Å². The molecule has 1 rings (SSSR count). The van der Waals surface area contributed by atoms with Crippen LogP contribution in [0.5, 0.6) is 5.88 Å². The number of rotatable bonds is 6. The number of hydrogen-bond acceptors (Lipinski definition) is 5. The van der Waals surface area contributed by atoms with Crippen molar-refractivity contribution in [2.24, 2.45) is 0 Å². The summed E-state index contributed by atoms with van der Waals surface area (Å²) in [5.41, 5.74) is 0.752. The molecular formula is C11H17N3O3. The van der Waals surface area contributed by atoms with Crippen molar-refractivity contribution in [3.05, 3.63) is 11.8 Å². The first-order valence-electron chi connectivity index (χ1n) is 5.52. The quantitative estimate of drug-likeness (QED) is 0.801. The molecule has 0 aromatic carbocycles. The molecule has 1 heterocycles. The van der Waals surface area contributed by atoms with Crippen molar-refractivity contribution in [1.82, 2.24) is 9.97 Å². The zero-order chi connectivity index (χ0) is 12.8. The zero-order valence-corrected chi connectivity index (χ0v) is 10.3. The molecule has 1 N–H and O–H groups in total. The van der Waals surface area contributed by atoms with E-state index in [2.05, 4.69) is 9.97 Å². The molecule has 0 radical (unpaired) electrons. The highest BCUT2D eigenvalue weighted by Gasteiger charge is 2.13. The molecule has 0 spiro atoms. The second kappa shape index (κ2) is 6.03. The molecule has 0 unspecified atom stereocenters. The monoisotopic (exact) mass is 239 g/mol. The van der Waals surface area contributed by atoms with E-state index >= 15 is 0 Å². The van der Waals surface area contributed by atoms with E-state index in [0.29, 0.717) is 25.0 Å². The molecule has 1 aromatic heterocycles. The molecule has 6 nitrogen and oxygen atoms in total. The van der Waals surface area contributed by atoms with Crippen molar-refractivity contribution >= 4 is 11.9 Å². The Morgan fingerprint density at radius 3 is 2.71 bits per heavy atom. The highest BCUT2D eigenvalue weighted by Crippen LogP contribution is 2.15. The molecule has 0 atom stereocenters. The molecule has 0 fully saturated rings. The van der Waals surface area contributed by atoms with Crippen molar-refractivity contribution in [2.75, 3.05) is 24.6 Å². The number of nitrogens with zero attached hydrogens (tertiary/aromatic N) is 3. The zero-order valence-electron chi connectivity index (χ0n) is 10.3. The number of hydrogen-bond donors (Lipinski definition) is 1. The molecule has 0 saturated heterocycles. The Morgan fingerprint density at radius 2 is 2.18 bits per heavy atom. The topological polar surface area (TPSA) is 75.5 Å². The summed E-state index contributed by atoms with van der Waals surface area (Å²) in [7, 11) is 0. The second-order valence-electron chi connectivity index (χ2n) is 3.49. The Bertz CT molecular complexity index is 396. The molecule has 94 valence electrons. The fourth-order valence-corrected chi connectivity index (χ4v) is 1.37. The van der Waals surface area contributed by atoms with Gasteiger partial charge in [-0.05, 0) is 20.8 Å². The van der Waals surface area contributed by atoms with Gasteiger partial charge in [-0.2, -0.15) is 4.98 Å². The Hall–Kier alpha value is -1.85. The Labute approximate surface area is 100 Å². The Morgan fingerprint density at radius 1 is 1.47 bits per heavy atom. The molecule has 6 heteroatoms. The van der Waals surface area contributed by atoms with Gasteiger partial charge in [0, 0.05) is 18.3 Å². The Kier molecular flexibility index (Phi) is 4.68. The predicted molar refractivity (Wildman–Crippen MR) is 63.5 cm³/mol. The predicted octanol–water partition coefficient (Wildman–Crippen LogP) is 1.09. The van der Waals surface area contributed by atoms with E-state index < -0.39 is 5.97 Å². The maximum atomic E-state index is 10.7. The lowest BCUT2D eigenvalue weighted by atomic mass is 10.4. The van der Waals surface area contributed by atoms with Gasteiger partial charge in [0.1, 0.15) is 6.54 Å². The number of aromatic nitrogens is 2. The van der Waals surface area contributed by atoms with Gasteiger partial charge in [-0.15, -0.1) is 0 Å². The molecule has 0 bridgehead atoms. The number of aryl methyl sites for hydroxylation is 1. The van der Waals surface area contributed by atoms with Gasteiger partial charge in [-0.25, -0.2) is 4.98 Å². The molecule has 1 aromatic rings. The molecule has 0 aliphatic heterocycles. The first kappa shape index (κ1) is 13.2. The summed E-state index contributed by atoms with van der Waals surface area (Å²) in [6, 6.07) is 1.72. The van der Waals surface area contributed by atoms with Gasteiger partial charge in [-0.1, -0.05) is 0 Å². The highest BCUT2D eigenvalue weighted by molar-refractivity contribution is 5.72. The number of carboxylic acids is 1. The van der Waals surface area contributed by atoms with Crippen molar-refractivity contribution in [2.45, 2.75) is 20.8 Å². The number of carbonyl (C=O) groups is 1. The average Bonchev–Trinajstić information content (AvgIpc) is 2.25. The van der Waals surface area contributed by atoms with Crippen LogP contribution in [0.4, 0.5) is 5.95 Å². The van der Waals surface area contributed by atoms with Crippen LogP contribution in [0.3, 0.4) is 0 Å². The average molecular weight is 239 g/mol. The van der Waals surface area contributed by atoms with Crippen LogP contribution in [-0.2, 0) is 4.79 Å². The molecule has 0 aliphatic carbocycles. The van der Waals surface area contributed by atoms with Crippen LogP contribution >= 0.6 is 0 Å². The van der Waals surface area contributed by atoms with Crippen molar-refractivity contribution in [1.29, 1.82) is 0 Å². The van der Waals surface area contributed by atoms with Gasteiger partial charge < -0.3 is 14.7 Å². The van der Waals surface area contributed by atoms with Gasteiger partial charge in [0.15, 0.2) is 0 Å². The van der Waals surface area contributed by atoms with Crippen LogP contribution in [0.1, 0.15) is 19.5 Å². The lowest BCUT2D eigenvalue weighted by Gasteiger charge is -2.19. The van der Waals surface area contributed by atoms with Gasteiger partial charge in [0.2, 0.25) is 11.8 Å². The van der Waals surface area contributed by atoms with E-state index in [-0.39, 0.29) is 6.54 Å². The molecular weight excluding hydrogens is 222 g/mol. The third-order valence-corrected chi connectivity index (χ3v) is 2.10. The summed E-state index contributed by atoms with van der Waals surface area (Å²) in [4.78, 5) is 20.7. The maximum Gasteiger partial charge on any atom is 0.323 e. The van der Waals surface area contributed by atoms with E-state index in [0.717, 1.165) is 5.69 Å². The van der Waals surface area contributed by atoms with Crippen LogP contribution in [-0.4, -0.2) is 40.7 Å². The van der Waals surface area contributed by atoms with Gasteiger partial charge in [0.05, 0.1) is 6.61 Å².